The molecule has 9 heteroatoms. The van der Waals surface area contributed by atoms with Gasteiger partial charge in [0.2, 0.25) is 0 Å². The number of nitrogens with zero attached hydrogens (tertiary/aromatic N) is 5. The molecule has 3 heterocycles. The first-order valence-corrected chi connectivity index (χ1v) is 11.2. The number of benzene rings is 1. The number of nitro benzene ring substituents is 1. The maximum absolute atomic E-state index is 12.3. The fourth-order valence-corrected chi connectivity index (χ4v) is 4.35. The number of carbonyl (C=O) groups is 1. The third kappa shape index (κ3) is 5.04. The molecule has 0 spiro atoms. The number of nitrogens with one attached hydrogen (secondary N) is 1. The lowest BCUT2D eigenvalue weighted by Crippen LogP contribution is -2.32. The molecule has 0 bridgehead atoms. The largest absolute Gasteiger partial charge is 0.371 e. The van der Waals surface area contributed by atoms with Gasteiger partial charge in [0.15, 0.2) is 0 Å². The molecule has 9 nitrogen and oxygen atoms in total. The van der Waals surface area contributed by atoms with Crippen LogP contribution in [0, 0.1) is 10.1 Å². The number of piperidine rings is 2. The molecule has 2 aliphatic heterocycles. The van der Waals surface area contributed by atoms with Gasteiger partial charge in [0.25, 0.3) is 11.6 Å². The molecule has 168 valence electrons. The minimum absolute atomic E-state index is 0.0766. The number of pyridine rings is 1. The van der Waals surface area contributed by atoms with Crippen molar-refractivity contribution >= 4 is 29.2 Å². The number of carbonyl (C=O) groups excluding carboxylic acids is 1. The molecular formula is C23H28N6O3. The molecule has 2 aromatic rings. The Morgan fingerprint density at radius 1 is 1.03 bits per heavy atom. The summed E-state index contributed by atoms with van der Waals surface area (Å²) in [7, 11) is 0. The molecule has 0 atom stereocenters. The molecule has 2 saturated heterocycles. The summed E-state index contributed by atoms with van der Waals surface area (Å²) in [6.45, 7) is 3.46. The van der Waals surface area contributed by atoms with Crippen LogP contribution in [0.1, 0.15) is 54.4 Å². The summed E-state index contributed by atoms with van der Waals surface area (Å²) in [5, 5.41) is 16.0. The fourth-order valence-electron chi connectivity index (χ4n) is 4.35. The van der Waals surface area contributed by atoms with E-state index in [4.69, 9.17) is 0 Å². The van der Waals surface area contributed by atoms with Crippen LogP contribution in [0.25, 0.3) is 0 Å². The van der Waals surface area contributed by atoms with Crippen molar-refractivity contribution in [3.63, 3.8) is 0 Å². The van der Waals surface area contributed by atoms with Crippen LogP contribution < -0.4 is 15.2 Å². The van der Waals surface area contributed by atoms with Gasteiger partial charge in [-0.3, -0.25) is 19.9 Å². The van der Waals surface area contributed by atoms with Crippen molar-refractivity contribution in [2.24, 2.45) is 5.10 Å². The molecule has 2 aliphatic rings. The van der Waals surface area contributed by atoms with E-state index in [2.05, 4.69) is 25.3 Å². The molecule has 32 heavy (non-hydrogen) atoms. The van der Waals surface area contributed by atoms with Crippen molar-refractivity contribution in [2.45, 2.75) is 38.5 Å². The zero-order valence-electron chi connectivity index (χ0n) is 18.1. The van der Waals surface area contributed by atoms with E-state index < -0.39 is 0 Å². The van der Waals surface area contributed by atoms with Gasteiger partial charge in [0.05, 0.1) is 16.7 Å². The Morgan fingerprint density at radius 3 is 2.28 bits per heavy atom. The topological polar surface area (TPSA) is 104 Å². The van der Waals surface area contributed by atoms with Gasteiger partial charge in [-0.1, -0.05) is 0 Å². The monoisotopic (exact) mass is 436 g/mol. The summed E-state index contributed by atoms with van der Waals surface area (Å²) in [5.41, 5.74) is 5.20. The summed E-state index contributed by atoms with van der Waals surface area (Å²) in [6, 6.07) is 6.86. The Morgan fingerprint density at radius 2 is 1.69 bits per heavy atom. The highest BCUT2D eigenvalue weighted by Gasteiger charge is 2.26. The Hall–Kier alpha value is -3.49. The van der Waals surface area contributed by atoms with Crippen LogP contribution in [0.4, 0.5) is 17.1 Å². The van der Waals surface area contributed by atoms with E-state index in [0.29, 0.717) is 16.8 Å². The predicted octanol–water partition coefficient (Wildman–Crippen LogP) is 3.73. The van der Waals surface area contributed by atoms with E-state index in [0.717, 1.165) is 64.0 Å². The SMILES string of the molecule is O=C(NN=Cc1cc([N+](=O)[O-])c(N2CCCCC2)cc1N1CCCCC1)c1cccnc1. The molecule has 1 aromatic carbocycles. The van der Waals surface area contributed by atoms with E-state index in [9.17, 15) is 14.9 Å². The smallest absolute Gasteiger partial charge is 0.293 e. The Bertz CT molecular complexity index is 983. The van der Waals surface area contributed by atoms with Crippen molar-refractivity contribution in [3.05, 3.63) is 57.9 Å². The summed E-state index contributed by atoms with van der Waals surface area (Å²) >= 11 is 0. The second-order valence-electron chi connectivity index (χ2n) is 8.19. The number of rotatable bonds is 6. The fraction of sp³-hybridized carbons (Fsp3) is 0.435. The van der Waals surface area contributed by atoms with Gasteiger partial charge >= 0.3 is 0 Å². The highest BCUT2D eigenvalue weighted by molar-refractivity contribution is 5.96. The number of hydrogen-bond donors (Lipinski definition) is 1. The number of nitro groups is 1. The van der Waals surface area contributed by atoms with Crippen molar-refractivity contribution in [3.8, 4) is 0 Å². The Labute approximate surface area is 187 Å². The van der Waals surface area contributed by atoms with Gasteiger partial charge in [0.1, 0.15) is 5.69 Å². The minimum Gasteiger partial charge on any atom is -0.371 e. The highest BCUT2D eigenvalue weighted by Crippen LogP contribution is 2.37. The standard InChI is InChI=1S/C23H28N6O3/c30-23(18-8-7-9-24-16-18)26-25-17-19-14-22(29(31)32)21(28-12-5-2-6-13-28)15-20(19)27-10-3-1-4-11-27/h7-9,14-17H,1-6,10-13H2,(H,26,30). The molecule has 2 fully saturated rings. The third-order valence-corrected chi connectivity index (χ3v) is 6.01. The quantitative estimate of drug-likeness (QED) is 0.420. The third-order valence-electron chi connectivity index (χ3n) is 6.01. The number of hydrazone groups is 1. The summed E-state index contributed by atoms with van der Waals surface area (Å²) < 4.78 is 0. The first-order valence-electron chi connectivity index (χ1n) is 11.2. The van der Waals surface area contributed by atoms with E-state index in [-0.39, 0.29) is 16.5 Å². The molecule has 0 unspecified atom stereocenters. The summed E-state index contributed by atoms with van der Waals surface area (Å²) in [6.07, 6.45) is 11.2. The van der Waals surface area contributed by atoms with Gasteiger partial charge in [0, 0.05) is 55.9 Å². The van der Waals surface area contributed by atoms with Crippen LogP contribution in [0.15, 0.2) is 41.8 Å². The van der Waals surface area contributed by atoms with Crippen LogP contribution in [-0.4, -0.2) is 48.2 Å². The number of amides is 1. The van der Waals surface area contributed by atoms with Gasteiger partial charge in [-0.25, -0.2) is 5.43 Å². The molecule has 1 amide bonds. The Balaban J connectivity index is 1.66. The van der Waals surface area contributed by atoms with E-state index in [1.165, 1.54) is 18.8 Å². The van der Waals surface area contributed by atoms with E-state index >= 15 is 0 Å². The predicted molar refractivity (Wildman–Crippen MR) is 125 cm³/mol. The normalized spacial score (nSPS) is 16.9. The van der Waals surface area contributed by atoms with E-state index in [1.807, 2.05) is 6.07 Å². The van der Waals surface area contributed by atoms with Crippen molar-refractivity contribution < 1.29 is 9.72 Å². The maximum atomic E-state index is 12.3. The number of anilines is 2. The average molecular weight is 437 g/mol. The lowest BCUT2D eigenvalue weighted by molar-refractivity contribution is -0.384. The highest BCUT2D eigenvalue weighted by atomic mass is 16.6. The zero-order chi connectivity index (χ0) is 22.3. The number of aromatic nitrogens is 1. The van der Waals surface area contributed by atoms with Crippen molar-refractivity contribution in [1.82, 2.24) is 10.4 Å². The minimum atomic E-state index is -0.381. The van der Waals surface area contributed by atoms with Crippen LogP contribution in [0.2, 0.25) is 0 Å². The first-order chi connectivity index (χ1) is 15.6. The van der Waals surface area contributed by atoms with Crippen LogP contribution in [0.3, 0.4) is 0 Å². The molecule has 0 radical (unpaired) electrons. The van der Waals surface area contributed by atoms with Gasteiger partial charge in [-0.2, -0.15) is 5.10 Å². The summed E-state index contributed by atoms with van der Waals surface area (Å²) in [5.74, 6) is -0.381. The average Bonchev–Trinajstić information content (AvgIpc) is 2.85. The maximum Gasteiger partial charge on any atom is 0.293 e. The first kappa shape index (κ1) is 21.7. The molecule has 4 rings (SSSR count). The number of hydrogen-bond acceptors (Lipinski definition) is 7. The van der Waals surface area contributed by atoms with Crippen molar-refractivity contribution in [2.75, 3.05) is 36.0 Å². The second kappa shape index (κ2) is 10.2. The molecule has 1 aromatic heterocycles. The van der Waals surface area contributed by atoms with Crippen LogP contribution in [-0.2, 0) is 0 Å². The zero-order valence-corrected chi connectivity index (χ0v) is 18.1. The molecular weight excluding hydrogens is 408 g/mol. The van der Waals surface area contributed by atoms with Gasteiger partial charge < -0.3 is 9.80 Å². The Kier molecular flexibility index (Phi) is 6.94. The van der Waals surface area contributed by atoms with E-state index in [1.54, 1.807) is 24.4 Å². The lowest BCUT2D eigenvalue weighted by atomic mass is 10.0. The van der Waals surface area contributed by atoms with Gasteiger partial charge in [-0.05, 0) is 56.7 Å². The molecule has 0 saturated carbocycles. The summed E-state index contributed by atoms with van der Waals surface area (Å²) in [4.78, 5) is 32.2. The van der Waals surface area contributed by atoms with Crippen LogP contribution in [0.5, 0.6) is 0 Å². The van der Waals surface area contributed by atoms with Crippen LogP contribution >= 0.6 is 0 Å². The molecule has 1 N–H and O–H groups in total. The lowest BCUT2D eigenvalue weighted by Gasteiger charge is -2.33. The van der Waals surface area contributed by atoms with Crippen molar-refractivity contribution in [1.29, 1.82) is 0 Å². The second-order valence-corrected chi connectivity index (χ2v) is 8.19. The molecule has 0 aliphatic carbocycles. The van der Waals surface area contributed by atoms with Gasteiger partial charge in [-0.15, -0.1) is 0 Å².